The Balaban J connectivity index is 1.57. The molecule has 4 rings (SSSR count). The second-order valence-electron chi connectivity index (χ2n) is 6.69. The second kappa shape index (κ2) is 7.62. The van der Waals surface area contributed by atoms with Gasteiger partial charge in [-0.25, -0.2) is 9.38 Å². The number of ether oxygens (including phenoxy) is 1. The van der Waals surface area contributed by atoms with Gasteiger partial charge in [0.05, 0.1) is 12.2 Å². The molecule has 3 nitrogen and oxygen atoms in total. The fourth-order valence-electron chi connectivity index (χ4n) is 3.14. The van der Waals surface area contributed by atoms with E-state index in [0.29, 0.717) is 6.54 Å². The molecule has 2 heterocycles. The summed E-state index contributed by atoms with van der Waals surface area (Å²) < 4.78 is 21.2. The van der Waals surface area contributed by atoms with Crippen LogP contribution in [0.3, 0.4) is 0 Å². The van der Waals surface area contributed by atoms with Gasteiger partial charge in [0.15, 0.2) is 0 Å². The Bertz CT molecular complexity index is 1030. The van der Waals surface area contributed by atoms with Gasteiger partial charge in [0.25, 0.3) is 0 Å². The van der Waals surface area contributed by atoms with Crippen LogP contribution in [0.4, 0.5) is 10.1 Å². The van der Waals surface area contributed by atoms with E-state index in [0.717, 1.165) is 35.7 Å². The molecule has 0 spiro atoms. The number of aromatic nitrogens is 1. The van der Waals surface area contributed by atoms with Crippen molar-refractivity contribution in [1.29, 1.82) is 0 Å². The van der Waals surface area contributed by atoms with Crippen LogP contribution in [0.25, 0.3) is 0 Å². The van der Waals surface area contributed by atoms with Gasteiger partial charge in [0, 0.05) is 0 Å². The Labute approximate surface area is 158 Å². The minimum atomic E-state index is -0.262. The molecule has 0 amide bonds. The lowest BCUT2D eigenvalue weighted by Crippen LogP contribution is -2.17. The van der Waals surface area contributed by atoms with Crippen molar-refractivity contribution in [2.45, 2.75) is 26.3 Å². The summed E-state index contributed by atoms with van der Waals surface area (Å²) in [5, 5.41) is 0. The van der Waals surface area contributed by atoms with Crippen molar-refractivity contribution < 1.29 is 9.13 Å². The van der Waals surface area contributed by atoms with Gasteiger partial charge in [0.2, 0.25) is 5.88 Å². The molecule has 1 aliphatic rings. The molecule has 0 unspecified atom stereocenters. The summed E-state index contributed by atoms with van der Waals surface area (Å²) in [4.78, 5) is 4.63. The van der Waals surface area contributed by atoms with Gasteiger partial charge < -0.3 is 4.74 Å². The van der Waals surface area contributed by atoms with Gasteiger partial charge >= 0.3 is 0 Å². The second-order valence-corrected chi connectivity index (χ2v) is 6.69. The van der Waals surface area contributed by atoms with Crippen molar-refractivity contribution in [3.8, 4) is 5.88 Å². The first-order chi connectivity index (χ1) is 13.2. The van der Waals surface area contributed by atoms with E-state index in [1.165, 1.54) is 23.3 Å². The maximum Gasteiger partial charge on any atom is 0.201 e. The fourth-order valence-corrected chi connectivity index (χ4v) is 3.14. The predicted molar refractivity (Wildman–Crippen MR) is 104 cm³/mol. The molecular formula is C23H21FN2O. The van der Waals surface area contributed by atoms with Crippen molar-refractivity contribution in [1.82, 2.24) is 4.57 Å². The minimum Gasteiger partial charge on any atom is -0.443 e. The van der Waals surface area contributed by atoms with Gasteiger partial charge in [-0.3, -0.25) is 4.57 Å². The van der Waals surface area contributed by atoms with Crippen molar-refractivity contribution in [2.24, 2.45) is 4.99 Å². The van der Waals surface area contributed by atoms with Crippen molar-refractivity contribution >= 4 is 5.69 Å². The zero-order chi connectivity index (χ0) is 18.6. The number of hydrogen-bond acceptors (Lipinski definition) is 2. The number of halogens is 1. The average molecular weight is 360 g/mol. The molecule has 0 bridgehead atoms. The van der Waals surface area contributed by atoms with Crippen LogP contribution in [-0.2, 0) is 13.0 Å². The summed E-state index contributed by atoms with van der Waals surface area (Å²) >= 11 is 0. The minimum absolute atomic E-state index is 0.262. The van der Waals surface area contributed by atoms with Gasteiger partial charge in [-0.1, -0.05) is 36.4 Å². The number of fused-ring (bicyclic) bond motifs is 1. The molecule has 0 aliphatic carbocycles. The standard InChI is InChI=1S/C23H21FN2O/c1-17(10-11-18-6-3-2-4-7-18)21-16-26-22(8-5-9-23(26)27-21)25-20-14-12-19(24)13-15-20/h2-9,12-15H,10-11,16H2,1H3/b21-17-,25-22?. The molecule has 0 N–H and O–H groups in total. The average Bonchev–Trinajstić information content (AvgIpc) is 3.14. The number of pyridine rings is 1. The third-order valence-corrected chi connectivity index (χ3v) is 4.73. The van der Waals surface area contributed by atoms with Crippen LogP contribution in [0.5, 0.6) is 5.88 Å². The SMILES string of the molecule is C/C(CCc1ccccc1)=C1\Cn2c(cccc2=Nc2ccc(F)cc2)O1. The zero-order valence-electron chi connectivity index (χ0n) is 15.2. The highest BCUT2D eigenvalue weighted by Gasteiger charge is 2.18. The smallest absolute Gasteiger partial charge is 0.201 e. The van der Waals surface area contributed by atoms with E-state index in [-0.39, 0.29) is 5.82 Å². The van der Waals surface area contributed by atoms with Crippen molar-refractivity contribution in [3.63, 3.8) is 0 Å². The van der Waals surface area contributed by atoms with Crippen LogP contribution in [0.1, 0.15) is 18.9 Å². The molecule has 0 fully saturated rings. The lowest BCUT2D eigenvalue weighted by molar-refractivity contribution is 0.434. The van der Waals surface area contributed by atoms with E-state index in [9.17, 15) is 4.39 Å². The lowest BCUT2D eigenvalue weighted by Gasteiger charge is -2.05. The number of benzene rings is 2. The van der Waals surface area contributed by atoms with Gasteiger partial charge in [-0.05, 0) is 67.3 Å². The summed E-state index contributed by atoms with van der Waals surface area (Å²) in [6.07, 6.45) is 1.95. The topological polar surface area (TPSA) is 26.5 Å². The highest BCUT2D eigenvalue weighted by molar-refractivity contribution is 5.37. The largest absolute Gasteiger partial charge is 0.443 e. The van der Waals surface area contributed by atoms with E-state index in [4.69, 9.17) is 4.74 Å². The molecule has 4 heteroatoms. The number of allylic oxidation sites excluding steroid dienone is 2. The lowest BCUT2D eigenvalue weighted by atomic mass is 10.0. The Morgan fingerprint density at radius 1 is 1.00 bits per heavy atom. The fraction of sp³-hybridized carbons (Fsp3) is 0.174. The number of hydrogen-bond donors (Lipinski definition) is 0. The van der Waals surface area contributed by atoms with Crippen LogP contribution >= 0.6 is 0 Å². The Morgan fingerprint density at radius 3 is 2.56 bits per heavy atom. The Hall–Kier alpha value is -3.14. The molecule has 2 aromatic carbocycles. The molecule has 0 atom stereocenters. The maximum absolute atomic E-state index is 13.1. The quantitative estimate of drug-likeness (QED) is 0.631. The Kier molecular flexibility index (Phi) is 4.88. The van der Waals surface area contributed by atoms with E-state index in [1.807, 2.05) is 28.8 Å². The maximum atomic E-state index is 13.1. The first kappa shape index (κ1) is 17.3. The third kappa shape index (κ3) is 4.00. The van der Waals surface area contributed by atoms with E-state index in [1.54, 1.807) is 12.1 Å². The van der Waals surface area contributed by atoms with Crippen LogP contribution < -0.4 is 10.2 Å². The molecule has 0 radical (unpaired) electrons. The summed E-state index contributed by atoms with van der Waals surface area (Å²) in [5.74, 6) is 1.50. The normalized spacial score (nSPS) is 15.4. The molecule has 1 aromatic heterocycles. The number of nitrogens with zero attached hydrogens (tertiary/aromatic N) is 2. The number of rotatable bonds is 4. The number of aryl methyl sites for hydroxylation is 1. The van der Waals surface area contributed by atoms with Crippen molar-refractivity contribution in [3.05, 3.63) is 101 Å². The molecule has 136 valence electrons. The summed E-state index contributed by atoms with van der Waals surface area (Å²) in [6.45, 7) is 2.79. The van der Waals surface area contributed by atoms with Crippen LogP contribution in [0, 0.1) is 5.82 Å². The van der Waals surface area contributed by atoms with E-state index >= 15 is 0 Å². The molecule has 3 aromatic rings. The van der Waals surface area contributed by atoms with E-state index < -0.39 is 0 Å². The summed E-state index contributed by atoms with van der Waals surface area (Å²) in [6, 6.07) is 22.5. The van der Waals surface area contributed by atoms with Crippen LogP contribution in [0.15, 0.2) is 89.1 Å². The monoisotopic (exact) mass is 360 g/mol. The van der Waals surface area contributed by atoms with Crippen LogP contribution in [-0.4, -0.2) is 4.57 Å². The molecule has 1 aliphatic heterocycles. The first-order valence-electron chi connectivity index (χ1n) is 9.09. The molecule has 0 saturated carbocycles. The Morgan fingerprint density at radius 2 is 1.78 bits per heavy atom. The highest BCUT2D eigenvalue weighted by atomic mass is 19.1. The summed E-state index contributed by atoms with van der Waals surface area (Å²) in [5.41, 5.74) is 4.09. The zero-order valence-corrected chi connectivity index (χ0v) is 15.2. The molecular weight excluding hydrogens is 339 g/mol. The first-order valence-corrected chi connectivity index (χ1v) is 9.09. The summed E-state index contributed by atoms with van der Waals surface area (Å²) in [7, 11) is 0. The van der Waals surface area contributed by atoms with Gasteiger partial charge in [-0.15, -0.1) is 0 Å². The van der Waals surface area contributed by atoms with Crippen LogP contribution in [0.2, 0.25) is 0 Å². The predicted octanol–water partition coefficient (Wildman–Crippen LogP) is 5.16. The van der Waals surface area contributed by atoms with Crippen molar-refractivity contribution in [2.75, 3.05) is 0 Å². The van der Waals surface area contributed by atoms with Gasteiger partial charge in [0.1, 0.15) is 17.1 Å². The molecule has 27 heavy (non-hydrogen) atoms. The third-order valence-electron chi connectivity index (χ3n) is 4.73. The van der Waals surface area contributed by atoms with Gasteiger partial charge in [-0.2, -0.15) is 0 Å². The highest BCUT2D eigenvalue weighted by Crippen LogP contribution is 2.25. The van der Waals surface area contributed by atoms with E-state index in [2.05, 4.69) is 36.2 Å². The molecule has 0 saturated heterocycles.